The molecule has 34 heavy (non-hydrogen) atoms. The summed E-state index contributed by atoms with van der Waals surface area (Å²) in [4.78, 5) is 40.0. The van der Waals surface area contributed by atoms with Crippen molar-refractivity contribution < 1.29 is 32.3 Å². The monoisotopic (exact) mass is 476 g/mol. The van der Waals surface area contributed by atoms with Crippen LogP contribution in [-0.2, 0) is 20.5 Å². The summed E-state index contributed by atoms with van der Waals surface area (Å²) in [5.74, 6) is -2.68. The van der Waals surface area contributed by atoms with Crippen LogP contribution in [0.3, 0.4) is 0 Å². The van der Waals surface area contributed by atoms with E-state index in [9.17, 15) is 27.6 Å². The van der Waals surface area contributed by atoms with Gasteiger partial charge in [0.05, 0.1) is 52.0 Å². The van der Waals surface area contributed by atoms with Crippen molar-refractivity contribution in [2.45, 2.75) is 56.5 Å². The van der Waals surface area contributed by atoms with E-state index in [2.05, 4.69) is 10.6 Å². The molecule has 4 amide bonds. The van der Waals surface area contributed by atoms with Crippen LogP contribution in [0.15, 0.2) is 18.2 Å². The molecule has 3 aliphatic heterocycles. The minimum absolute atomic E-state index is 0.242. The third-order valence-corrected chi connectivity index (χ3v) is 7.58. The lowest BCUT2D eigenvalue weighted by atomic mass is 9.66. The van der Waals surface area contributed by atoms with E-state index in [1.165, 1.54) is 12.1 Å². The van der Waals surface area contributed by atoms with Crippen molar-refractivity contribution in [3.05, 3.63) is 29.3 Å². The van der Waals surface area contributed by atoms with E-state index in [1.54, 1.807) is 13.8 Å². The third kappa shape index (κ3) is 3.27. The van der Waals surface area contributed by atoms with Gasteiger partial charge in [0, 0.05) is 13.0 Å². The number of carbonyl (C=O) groups excluding carboxylic acids is 3. The van der Waals surface area contributed by atoms with Crippen LogP contribution in [0.4, 0.5) is 23.7 Å². The Hall–Kier alpha value is -3.13. The number of benzene rings is 1. The summed E-state index contributed by atoms with van der Waals surface area (Å²) in [5, 5.41) is 14.7. The lowest BCUT2D eigenvalue weighted by molar-refractivity contribution is -0.138. The maximum atomic E-state index is 13.5. The zero-order chi connectivity index (χ0) is 24.6. The van der Waals surface area contributed by atoms with E-state index in [1.807, 2.05) is 0 Å². The molecule has 1 aromatic rings. The van der Waals surface area contributed by atoms with Crippen molar-refractivity contribution in [1.82, 2.24) is 10.6 Å². The van der Waals surface area contributed by atoms with Gasteiger partial charge in [-0.15, -0.1) is 0 Å². The number of fused-ring (bicyclic) bond motifs is 5. The molecule has 5 rings (SSSR count). The lowest BCUT2D eigenvalue weighted by Gasteiger charge is -2.35. The number of ether oxygens (including phenoxy) is 1. The highest BCUT2D eigenvalue weighted by atomic mass is 19.4. The minimum atomic E-state index is -4.83. The molecular formula is C23H23F3N4O4. The highest BCUT2D eigenvalue weighted by molar-refractivity contribution is 6.23. The quantitative estimate of drug-likeness (QED) is 0.649. The van der Waals surface area contributed by atoms with E-state index in [0.717, 1.165) is 23.8 Å². The first-order valence-corrected chi connectivity index (χ1v) is 11.1. The smallest absolute Gasteiger partial charge is 0.365 e. The largest absolute Gasteiger partial charge is 0.417 e. The molecule has 5 atom stereocenters. The molecule has 0 radical (unpaired) electrons. The van der Waals surface area contributed by atoms with E-state index >= 15 is 0 Å². The Morgan fingerprint density at radius 2 is 1.91 bits per heavy atom. The molecule has 180 valence electrons. The summed E-state index contributed by atoms with van der Waals surface area (Å²) in [7, 11) is 0. The molecule has 8 nitrogen and oxygen atoms in total. The zero-order valence-electron chi connectivity index (χ0n) is 18.5. The number of imide groups is 1. The maximum Gasteiger partial charge on any atom is 0.417 e. The fraction of sp³-hybridized carbons (Fsp3) is 0.565. The standard InChI is InChI=1S/C23H23F3N4O4/c1-21-8-15(29-20(33)28-10-11-3-4-11)22(2,34-21)17-16(21)18(31)30(19(17)32)13-6-5-12(9-27)14(7-13)23(24,25)26/h5-7,11,15-17H,3-4,8,10H2,1-2H3,(H2,28,29,33)/t15-,16-,17+,21-,22+/m1/s1. The van der Waals surface area contributed by atoms with Gasteiger partial charge in [0.2, 0.25) is 11.8 Å². The van der Waals surface area contributed by atoms with Gasteiger partial charge in [-0.25, -0.2) is 9.69 Å². The number of amides is 4. The topological polar surface area (TPSA) is 112 Å². The van der Waals surface area contributed by atoms with Gasteiger partial charge in [-0.1, -0.05) is 0 Å². The summed E-state index contributed by atoms with van der Waals surface area (Å²) in [6.45, 7) is 3.91. The summed E-state index contributed by atoms with van der Waals surface area (Å²) in [6, 6.07) is 3.33. The average Bonchev–Trinajstić information content (AvgIpc) is 3.43. The van der Waals surface area contributed by atoms with Crippen molar-refractivity contribution in [1.29, 1.82) is 5.26 Å². The van der Waals surface area contributed by atoms with Crippen LogP contribution in [-0.4, -0.2) is 41.6 Å². The van der Waals surface area contributed by atoms with Gasteiger partial charge >= 0.3 is 12.2 Å². The molecule has 3 heterocycles. The molecule has 3 saturated heterocycles. The van der Waals surface area contributed by atoms with Crippen LogP contribution < -0.4 is 15.5 Å². The first-order valence-electron chi connectivity index (χ1n) is 11.1. The SMILES string of the molecule is C[C@]12O[C@](C)(C[C@H]1NC(=O)NCC1CC1)[C@H]1C(=O)N(c3ccc(C#N)c(C(F)(F)F)c3)C(=O)[C@H]12. The predicted molar refractivity (Wildman–Crippen MR) is 111 cm³/mol. The summed E-state index contributed by atoms with van der Waals surface area (Å²) in [6.07, 6.45) is -2.39. The molecule has 2 bridgehead atoms. The molecule has 1 aromatic carbocycles. The Morgan fingerprint density at radius 3 is 2.53 bits per heavy atom. The van der Waals surface area contributed by atoms with Gasteiger partial charge in [0.25, 0.3) is 0 Å². The number of anilines is 1. The predicted octanol–water partition coefficient (Wildman–Crippen LogP) is 2.71. The molecule has 4 fully saturated rings. The van der Waals surface area contributed by atoms with Crippen LogP contribution in [0.25, 0.3) is 0 Å². The number of nitrogens with zero attached hydrogens (tertiary/aromatic N) is 2. The van der Waals surface area contributed by atoms with E-state index in [-0.39, 0.29) is 18.1 Å². The molecular weight excluding hydrogens is 453 g/mol. The second kappa shape index (κ2) is 7.18. The molecule has 1 aliphatic carbocycles. The van der Waals surface area contributed by atoms with Crippen molar-refractivity contribution in [3.63, 3.8) is 0 Å². The fourth-order valence-electron chi connectivity index (χ4n) is 5.78. The normalized spacial score (nSPS) is 34.2. The highest BCUT2D eigenvalue weighted by Gasteiger charge is 2.76. The van der Waals surface area contributed by atoms with E-state index in [4.69, 9.17) is 10.00 Å². The Labute approximate surface area is 193 Å². The number of hydrogen-bond donors (Lipinski definition) is 2. The molecule has 1 saturated carbocycles. The van der Waals surface area contributed by atoms with Gasteiger partial charge in [-0.3, -0.25) is 9.59 Å². The number of urea groups is 1. The lowest BCUT2D eigenvalue weighted by Crippen LogP contribution is -2.58. The van der Waals surface area contributed by atoms with Crippen LogP contribution in [0.2, 0.25) is 0 Å². The number of nitriles is 1. The Bertz CT molecular complexity index is 1140. The van der Waals surface area contributed by atoms with Crippen LogP contribution in [0, 0.1) is 29.1 Å². The number of halogens is 3. The number of hydrogen-bond acceptors (Lipinski definition) is 5. The van der Waals surface area contributed by atoms with Gasteiger partial charge < -0.3 is 15.4 Å². The van der Waals surface area contributed by atoms with Crippen molar-refractivity contribution in [2.75, 3.05) is 11.4 Å². The third-order valence-electron chi connectivity index (χ3n) is 7.58. The number of alkyl halides is 3. The van der Waals surface area contributed by atoms with Crippen LogP contribution in [0.1, 0.15) is 44.2 Å². The van der Waals surface area contributed by atoms with Crippen molar-refractivity contribution in [3.8, 4) is 6.07 Å². The second-order valence-electron chi connectivity index (χ2n) is 9.96. The van der Waals surface area contributed by atoms with Crippen LogP contribution >= 0.6 is 0 Å². The molecule has 0 aromatic heterocycles. The fourth-order valence-corrected chi connectivity index (χ4v) is 5.78. The zero-order valence-corrected chi connectivity index (χ0v) is 18.5. The number of nitrogens with one attached hydrogen (secondary N) is 2. The first kappa shape index (κ1) is 22.7. The molecule has 4 aliphatic rings. The molecule has 11 heteroatoms. The first-order chi connectivity index (χ1) is 15.9. The maximum absolute atomic E-state index is 13.5. The summed E-state index contributed by atoms with van der Waals surface area (Å²) >= 11 is 0. The van der Waals surface area contributed by atoms with E-state index in [0.29, 0.717) is 18.5 Å². The van der Waals surface area contributed by atoms with Gasteiger partial charge in [0.15, 0.2) is 0 Å². The Kier molecular flexibility index (Phi) is 4.79. The van der Waals surface area contributed by atoms with Crippen molar-refractivity contribution in [2.24, 2.45) is 17.8 Å². The highest BCUT2D eigenvalue weighted by Crippen LogP contribution is 2.61. The minimum Gasteiger partial charge on any atom is -0.365 e. The van der Waals surface area contributed by atoms with E-state index < -0.39 is 58.2 Å². The second-order valence-corrected chi connectivity index (χ2v) is 9.96. The van der Waals surface area contributed by atoms with Crippen molar-refractivity contribution >= 4 is 23.5 Å². The average molecular weight is 476 g/mol. The summed E-state index contributed by atoms with van der Waals surface area (Å²) in [5.41, 5.74) is -4.31. The van der Waals surface area contributed by atoms with Crippen LogP contribution in [0.5, 0.6) is 0 Å². The molecule has 2 N–H and O–H groups in total. The number of carbonyl (C=O) groups is 3. The van der Waals surface area contributed by atoms with Gasteiger partial charge in [-0.2, -0.15) is 18.4 Å². The Balaban J connectivity index is 1.44. The number of rotatable bonds is 4. The molecule has 0 spiro atoms. The molecule has 0 unspecified atom stereocenters. The summed E-state index contributed by atoms with van der Waals surface area (Å²) < 4.78 is 46.6. The van der Waals surface area contributed by atoms with Gasteiger partial charge in [-0.05, 0) is 50.8 Å². The van der Waals surface area contributed by atoms with Gasteiger partial charge in [0.1, 0.15) is 0 Å². The Morgan fingerprint density at radius 1 is 1.24 bits per heavy atom.